The van der Waals surface area contributed by atoms with E-state index in [-0.39, 0.29) is 11.5 Å². The second-order valence-electron chi connectivity index (χ2n) is 5.72. The van der Waals surface area contributed by atoms with Crippen LogP contribution in [0.5, 0.6) is 0 Å². The van der Waals surface area contributed by atoms with Gasteiger partial charge in [-0.3, -0.25) is 9.80 Å². The molecule has 9 heteroatoms. The summed E-state index contributed by atoms with van der Waals surface area (Å²) in [6.45, 7) is 0. The first-order chi connectivity index (χ1) is 13.0. The molecule has 0 spiro atoms. The maximum atomic E-state index is 10.8. The number of hydrogen-bond acceptors (Lipinski definition) is 6. The van der Waals surface area contributed by atoms with Crippen LogP contribution < -0.4 is 11.1 Å². The van der Waals surface area contributed by atoms with Crippen molar-refractivity contribution >= 4 is 34.9 Å². The first-order valence-corrected chi connectivity index (χ1v) is 8.91. The Morgan fingerprint density at radius 1 is 1.07 bits per heavy atom. The molecule has 0 radical (unpaired) electrons. The first-order valence-electron chi connectivity index (χ1n) is 8.09. The minimum atomic E-state index is -0.606. The fourth-order valence-electron chi connectivity index (χ4n) is 2.26. The minimum Gasteiger partial charge on any atom is -0.364 e. The number of nitrogens with two attached hydrogens (primary N) is 1. The number of para-hydroxylation sites is 2. The molecule has 2 aromatic carbocycles. The Labute approximate surface area is 160 Å². The molecule has 0 atom stereocenters. The van der Waals surface area contributed by atoms with Crippen LogP contribution in [0.3, 0.4) is 0 Å². The lowest BCUT2D eigenvalue weighted by Gasteiger charge is -2.19. The Balaban J connectivity index is 0.000000157. The summed E-state index contributed by atoms with van der Waals surface area (Å²) in [5.74, 6) is -0.411. The number of primary amides is 1. The normalized spacial score (nSPS) is 11.6. The largest absolute Gasteiger partial charge is 0.364 e. The standard InChI is InChI=1S/C12H9NS.C6H10N6O/c1-3-7-11-9(5-1)13-10-6-2-4-8-12(10)14-11;1-12(2)11-10-6-4(5(7)13)8-3-9-6/h1-8,13H;3H,1-2H3,(H2,7,13)(H,8,9). The van der Waals surface area contributed by atoms with Gasteiger partial charge < -0.3 is 16.0 Å². The molecule has 4 N–H and O–H groups in total. The van der Waals surface area contributed by atoms with E-state index >= 15 is 0 Å². The lowest BCUT2D eigenvalue weighted by atomic mass is 10.2. The molecule has 0 aliphatic carbocycles. The number of carbonyl (C=O) groups is 1. The van der Waals surface area contributed by atoms with E-state index in [1.807, 2.05) is 11.8 Å². The van der Waals surface area contributed by atoms with Crippen molar-refractivity contribution in [3.05, 3.63) is 60.6 Å². The predicted octanol–water partition coefficient (Wildman–Crippen LogP) is 3.96. The summed E-state index contributed by atoms with van der Waals surface area (Å²) in [5, 5.41) is 12.3. The summed E-state index contributed by atoms with van der Waals surface area (Å²) >= 11 is 1.82. The van der Waals surface area contributed by atoms with Crippen LogP contribution in [0.25, 0.3) is 0 Å². The number of anilines is 2. The predicted molar refractivity (Wildman–Crippen MR) is 106 cm³/mol. The number of fused-ring (bicyclic) bond motifs is 2. The smallest absolute Gasteiger partial charge is 0.269 e. The van der Waals surface area contributed by atoms with Gasteiger partial charge in [0.15, 0.2) is 5.69 Å². The van der Waals surface area contributed by atoms with Crippen molar-refractivity contribution in [3.8, 4) is 0 Å². The molecule has 2 heterocycles. The van der Waals surface area contributed by atoms with E-state index in [0.29, 0.717) is 0 Å². The van der Waals surface area contributed by atoms with Crippen molar-refractivity contribution in [1.29, 1.82) is 0 Å². The third-order valence-electron chi connectivity index (χ3n) is 3.45. The van der Waals surface area contributed by atoms with E-state index in [1.54, 1.807) is 14.1 Å². The Morgan fingerprint density at radius 2 is 1.67 bits per heavy atom. The van der Waals surface area contributed by atoms with Crippen LogP contribution in [-0.4, -0.2) is 35.0 Å². The van der Waals surface area contributed by atoms with Crippen molar-refractivity contribution < 1.29 is 4.79 Å². The summed E-state index contributed by atoms with van der Waals surface area (Å²) in [4.78, 5) is 19.7. The number of amides is 1. The van der Waals surface area contributed by atoms with Gasteiger partial charge in [0.2, 0.25) is 5.82 Å². The van der Waals surface area contributed by atoms with E-state index in [0.717, 1.165) is 0 Å². The van der Waals surface area contributed by atoms with Gasteiger partial charge >= 0.3 is 0 Å². The first kappa shape index (κ1) is 18.5. The highest BCUT2D eigenvalue weighted by Gasteiger charge is 2.13. The molecule has 0 unspecified atom stereocenters. The maximum Gasteiger partial charge on any atom is 0.269 e. The fraction of sp³-hybridized carbons (Fsp3) is 0.111. The van der Waals surface area contributed by atoms with Gasteiger partial charge in [-0.15, -0.1) is 5.11 Å². The van der Waals surface area contributed by atoms with E-state index in [2.05, 4.69) is 74.2 Å². The quantitative estimate of drug-likeness (QED) is 0.367. The number of benzene rings is 2. The zero-order valence-corrected chi connectivity index (χ0v) is 15.7. The number of hydrogen-bond donors (Lipinski definition) is 3. The molecule has 1 amide bonds. The van der Waals surface area contributed by atoms with Crippen molar-refractivity contribution in [3.63, 3.8) is 0 Å². The Kier molecular flexibility index (Phi) is 5.72. The van der Waals surface area contributed by atoms with Crippen molar-refractivity contribution in [2.24, 2.45) is 16.1 Å². The highest BCUT2D eigenvalue weighted by Crippen LogP contribution is 2.43. The monoisotopic (exact) mass is 381 g/mol. The number of carbonyl (C=O) groups excluding carboxylic acids is 1. The number of aromatic nitrogens is 2. The second-order valence-corrected chi connectivity index (χ2v) is 6.81. The van der Waals surface area contributed by atoms with Crippen LogP contribution in [-0.2, 0) is 0 Å². The van der Waals surface area contributed by atoms with Crippen molar-refractivity contribution in [2.45, 2.75) is 9.79 Å². The van der Waals surface area contributed by atoms with Gasteiger partial charge in [-0.05, 0) is 24.3 Å². The maximum absolute atomic E-state index is 10.8. The summed E-state index contributed by atoms with van der Waals surface area (Å²) in [6.07, 6.45) is 1.34. The fourth-order valence-corrected chi connectivity index (χ4v) is 3.25. The minimum absolute atomic E-state index is 0.158. The van der Waals surface area contributed by atoms with Gasteiger partial charge in [-0.1, -0.05) is 41.3 Å². The van der Waals surface area contributed by atoms with Crippen LogP contribution in [0, 0.1) is 0 Å². The molecule has 0 saturated heterocycles. The Morgan fingerprint density at radius 3 is 2.22 bits per heavy atom. The lowest BCUT2D eigenvalue weighted by molar-refractivity contribution is 0.0996. The number of nitrogens with zero attached hydrogens (tertiary/aromatic N) is 4. The third-order valence-corrected chi connectivity index (χ3v) is 4.60. The van der Waals surface area contributed by atoms with Crippen LogP contribution in [0.1, 0.15) is 10.5 Å². The Hall–Kier alpha value is -3.33. The molecule has 27 heavy (non-hydrogen) atoms. The molecular formula is C18H19N7OS. The zero-order valence-electron chi connectivity index (χ0n) is 14.9. The lowest BCUT2D eigenvalue weighted by Crippen LogP contribution is -2.11. The van der Waals surface area contributed by atoms with Gasteiger partial charge in [-0.25, -0.2) is 4.98 Å². The van der Waals surface area contributed by atoms with Crippen LogP contribution in [0.2, 0.25) is 0 Å². The molecule has 138 valence electrons. The van der Waals surface area contributed by atoms with Gasteiger partial charge in [-0.2, -0.15) is 0 Å². The molecule has 1 aliphatic rings. The van der Waals surface area contributed by atoms with Gasteiger partial charge in [0.05, 0.1) is 17.7 Å². The van der Waals surface area contributed by atoms with E-state index < -0.39 is 5.91 Å². The van der Waals surface area contributed by atoms with Gasteiger partial charge in [0.1, 0.15) is 0 Å². The topological polar surface area (TPSA) is 112 Å². The number of nitrogens with one attached hydrogen (secondary N) is 2. The third kappa shape index (κ3) is 4.64. The van der Waals surface area contributed by atoms with Crippen molar-refractivity contribution in [1.82, 2.24) is 15.0 Å². The van der Waals surface area contributed by atoms with E-state index in [9.17, 15) is 4.79 Å². The van der Waals surface area contributed by atoms with E-state index in [1.165, 1.54) is 32.5 Å². The summed E-state index contributed by atoms with van der Waals surface area (Å²) in [5.41, 5.74) is 7.61. The average Bonchev–Trinajstić information content (AvgIpc) is 3.14. The highest BCUT2D eigenvalue weighted by atomic mass is 32.2. The highest BCUT2D eigenvalue weighted by molar-refractivity contribution is 7.99. The molecular weight excluding hydrogens is 362 g/mol. The SMILES string of the molecule is CN(C)N=Nc1nc[nH]c1C(N)=O.c1ccc2c(c1)Nc1ccccc1S2. The number of rotatable bonds is 3. The van der Waals surface area contributed by atoms with Crippen LogP contribution in [0.4, 0.5) is 17.2 Å². The number of aromatic amines is 1. The molecule has 3 aromatic rings. The zero-order chi connectivity index (χ0) is 19.2. The number of H-pyrrole nitrogens is 1. The van der Waals surface area contributed by atoms with Gasteiger partial charge in [0.25, 0.3) is 5.91 Å². The molecule has 0 bridgehead atoms. The number of imidazole rings is 1. The Bertz CT molecular complexity index is 880. The molecule has 1 aliphatic heterocycles. The van der Waals surface area contributed by atoms with Crippen LogP contribution >= 0.6 is 11.8 Å². The average molecular weight is 381 g/mol. The molecule has 0 fully saturated rings. The molecule has 1 aromatic heterocycles. The molecule has 0 saturated carbocycles. The van der Waals surface area contributed by atoms with E-state index in [4.69, 9.17) is 5.73 Å². The van der Waals surface area contributed by atoms with Crippen molar-refractivity contribution in [2.75, 3.05) is 19.4 Å². The second kappa shape index (κ2) is 8.37. The molecule has 8 nitrogen and oxygen atoms in total. The van der Waals surface area contributed by atoms with Gasteiger partial charge in [0, 0.05) is 23.9 Å². The van der Waals surface area contributed by atoms with Crippen LogP contribution in [0.15, 0.2) is 75.0 Å². The summed E-state index contributed by atoms with van der Waals surface area (Å²) in [7, 11) is 3.42. The summed E-state index contributed by atoms with van der Waals surface area (Å²) in [6, 6.07) is 16.8. The molecule has 4 rings (SSSR count). The summed E-state index contributed by atoms with van der Waals surface area (Å²) < 4.78 is 0.